The average Bonchev–Trinajstić information content (AvgIpc) is 3.28. The second-order valence-corrected chi connectivity index (χ2v) is 5.48. The van der Waals surface area contributed by atoms with E-state index in [-0.39, 0.29) is 11.9 Å². The van der Waals surface area contributed by atoms with E-state index in [2.05, 4.69) is 10.6 Å². The number of hydrogen-bond acceptors (Lipinski definition) is 2. The van der Waals surface area contributed by atoms with Gasteiger partial charge in [0, 0.05) is 6.04 Å². The largest absolute Gasteiger partial charge is 0.353 e. The van der Waals surface area contributed by atoms with Crippen LogP contribution < -0.4 is 10.6 Å². The highest BCUT2D eigenvalue weighted by Gasteiger charge is 2.48. The average molecular weight is 314 g/mol. The molecular weight excluding hydrogens is 297 g/mol. The zero-order valence-corrected chi connectivity index (χ0v) is 12.3. The Bertz CT molecular complexity index is 607. The Morgan fingerprint density at radius 2 is 1.82 bits per heavy atom. The first-order valence-corrected chi connectivity index (χ1v) is 7.09. The van der Waals surface area contributed by atoms with Crippen molar-refractivity contribution < 1.29 is 22.8 Å². The summed E-state index contributed by atoms with van der Waals surface area (Å²) in [5.41, 5.74) is -0.433. The van der Waals surface area contributed by atoms with Crippen molar-refractivity contribution in [1.82, 2.24) is 5.32 Å². The van der Waals surface area contributed by atoms with Crippen molar-refractivity contribution in [2.45, 2.75) is 32.7 Å². The van der Waals surface area contributed by atoms with Crippen LogP contribution in [0, 0.1) is 29.3 Å². The smallest absolute Gasteiger partial charge is 0.228 e. The molecule has 2 rings (SSSR count). The van der Waals surface area contributed by atoms with Gasteiger partial charge in [0.2, 0.25) is 11.8 Å². The molecule has 3 unspecified atom stereocenters. The maximum absolute atomic E-state index is 13.5. The summed E-state index contributed by atoms with van der Waals surface area (Å²) in [6, 6.07) is 1.69. The highest BCUT2D eigenvalue weighted by molar-refractivity contribution is 5.99. The summed E-state index contributed by atoms with van der Waals surface area (Å²) in [5.74, 6) is -6.24. The summed E-state index contributed by atoms with van der Waals surface area (Å²) in [4.78, 5) is 23.8. The fourth-order valence-corrected chi connectivity index (χ4v) is 2.07. The third-order valence-electron chi connectivity index (χ3n) is 3.76. The predicted octanol–water partition coefficient (Wildman–Crippen LogP) is 2.59. The molecule has 0 spiro atoms. The number of carbonyl (C=O) groups excluding carboxylic acids is 2. The fourth-order valence-electron chi connectivity index (χ4n) is 2.07. The minimum atomic E-state index is -1.64. The highest BCUT2D eigenvalue weighted by atomic mass is 19.2. The molecule has 0 heterocycles. The molecule has 1 aromatic rings. The molecule has 0 aromatic heterocycles. The Morgan fingerprint density at radius 3 is 2.45 bits per heavy atom. The second-order valence-electron chi connectivity index (χ2n) is 5.48. The number of hydrogen-bond donors (Lipinski definition) is 2. The third kappa shape index (κ3) is 3.40. The van der Waals surface area contributed by atoms with Gasteiger partial charge in [-0.2, -0.15) is 0 Å². The number of nitrogens with one attached hydrogen (secondary N) is 2. The van der Waals surface area contributed by atoms with Crippen molar-refractivity contribution in [3.05, 3.63) is 29.6 Å². The SMILES string of the molecule is CCC(C)NC(=O)C1CC1C(=O)Nc1ccc(F)c(F)c1F. The predicted molar refractivity (Wildman–Crippen MR) is 74.4 cm³/mol. The molecule has 120 valence electrons. The van der Waals surface area contributed by atoms with Crippen LogP contribution in [0.4, 0.5) is 18.9 Å². The van der Waals surface area contributed by atoms with Crippen LogP contribution in [0.25, 0.3) is 0 Å². The maximum Gasteiger partial charge on any atom is 0.228 e. The van der Waals surface area contributed by atoms with Crippen LogP contribution in [0.15, 0.2) is 12.1 Å². The van der Waals surface area contributed by atoms with E-state index in [4.69, 9.17) is 0 Å². The summed E-state index contributed by atoms with van der Waals surface area (Å²) in [7, 11) is 0. The van der Waals surface area contributed by atoms with Crippen molar-refractivity contribution in [2.75, 3.05) is 5.32 Å². The van der Waals surface area contributed by atoms with Gasteiger partial charge in [0.1, 0.15) is 0 Å². The van der Waals surface area contributed by atoms with Crippen LogP contribution in [-0.2, 0) is 9.59 Å². The number of halogens is 3. The van der Waals surface area contributed by atoms with Crippen LogP contribution >= 0.6 is 0 Å². The molecule has 22 heavy (non-hydrogen) atoms. The molecule has 3 atom stereocenters. The molecule has 7 heteroatoms. The number of anilines is 1. The van der Waals surface area contributed by atoms with Gasteiger partial charge in [-0.3, -0.25) is 9.59 Å². The normalized spacial score (nSPS) is 21.1. The lowest BCUT2D eigenvalue weighted by Crippen LogP contribution is -2.34. The first-order valence-electron chi connectivity index (χ1n) is 7.09. The minimum absolute atomic E-state index is 0.0143. The Balaban J connectivity index is 1.95. The molecule has 0 saturated heterocycles. The van der Waals surface area contributed by atoms with Crippen LogP contribution in [0.1, 0.15) is 26.7 Å². The molecule has 1 aromatic carbocycles. The molecule has 1 saturated carbocycles. The first-order chi connectivity index (χ1) is 10.3. The quantitative estimate of drug-likeness (QED) is 0.821. The topological polar surface area (TPSA) is 58.2 Å². The van der Waals surface area contributed by atoms with Gasteiger partial charge in [-0.25, -0.2) is 13.2 Å². The van der Waals surface area contributed by atoms with Crippen LogP contribution in [-0.4, -0.2) is 17.9 Å². The lowest BCUT2D eigenvalue weighted by Gasteiger charge is -2.11. The van der Waals surface area contributed by atoms with E-state index in [1.54, 1.807) is 0 Å². The Kier molecular flexibility index (Phi) is 4.73. The number of benzene rings is 1. The van der Waals surface area contributed by atoms with E-state index in [0.717, 1.165) is 18.6 Å². The molecule has 1 aliphatic rings. The fraction of sp³-hybridized carbons (Fsp3) is 0.467. The van der Waals surface area contributed by atoms with E-state index in [0.29, 0.717) is 6.42 Å². The van der Waals surface area contributed by atoms with Crippen molar-refractivity contribution in [3.63, 3.8) is 0 Å². The Labute approximate surface area is 126 Å². The number of rotatable bonds is 5. The van der Waals surface area contributed by atoms with Crippen LogP contribution in [0.2, 0.25) is 0 Å². The molecule has 0 aliphatic heterocycles. The van der Waals surface area contributed by atoms with Gasteiger partial charge < -0.3 is 10.6 Å². The van der Waals surface area contributed by atoms with Crippen molar-refractivity contribution in [1.29, 1.82) is 0 Å². The third-order valence-corrected chi connectivity index (χ3v) is 3.76. The summed E-state index contributed by atoms with van der Waals surface area (Å²) >= 11 is 0. The van der Waals surface area contributed by atoms with Gasteiger partial charge in [-0.15, -0.1) is 0 Å². The standard InChI is InChI=1S/C15H17F3N2O2/c1-3-7(2)19-14(21)8-6-9(8)15(22)20-11-5-4-10(16)12(17)13(11)18/h4-5,7-9H,3,6H2,1-2H3,(H,19,21)(H,20,22). The summed E-state index contributed by atoms with van der Waals surface area (Å²) in [6.45, 7) is 3.78. The molecule has 2 N–H and O–H groups in total. The van der Waals surface area contributed by atoms with Crippen LogP contribution in [0.5, 0.6) is 0 Å². The highest BCUT2D eigenvalue weighted by Crippen LogP contribution is 2.39. The van der Waals surface area contributed by atoms with Gasteiger partial charge in [0.15, 0.2) is 17.5 Å². The first kappa shape index (κ1) is 16.3. The van der Waals surface area contributed by atoms with E-state index < -0.39 is 40.9 Å². The van der Waals surface area contributed by atoms with Gasteiger partial charge in [-0.05, 0) is 31.9 Å². The van der Waals surface area contributed by atoms with Gasteiger partial charge in [0.05, 0.1) is 17.5 Å². The molecule has 4 nitrogen and oxygen atoms in total. The van der Waals surface area contributed by atoms with E-state index in [1.807, 2.05) is 13.8 Å². The van der Waals surface area contributed by atoms with Crippen molar-refractivity contribution in [2.24, 2.45) is 11.8 Å². The zero-order chi connectivity index (χ0) is 16.4. The molecule has 1 fully saturated rings. The lowest BCUT2D eigenvalue weighted by molar-refractivity contribution is -0.125. The minimum Gasteiger partial charge on any atom is -0.353 e. The van der Waals surface area contributed by atoms with Gasteiger partial charge in [-0.1, -0.05) is 6.92 Å². The summed E-state index contributed by atoms with van der Waals surface area (Å²) < 4.78 is 39.4. The molecule has 0 radical (unpaired) electrons. The Hall–Kier alpha value is -2.05. The van der Waals surface area contributed by atoms with E-state index in [9.17, 15) is 22.8 Å². The lowest BCUT2D eigenvalue weighted by atomic mass is 10.2. The molecular formula is C15H17F3N2O2. The van der Waals surface area contributed by atoms with Crippen molar-refractivity contribution in [3.8, 4) is 0 Å². The van der Waals surface area contributed by atoms with Gasteiger partial charge >= 0.3 is 0 Å². The van der Waals surface area contributed by atoms with E-state index >= 15 is 0 Å². The van der Waals surface area contributed by atoms with Crippen molar-refractivity contribution >= 4 is 17.5 Å². The summed E-state index contributed by atoms with van der Waals surface area (Å²) in [5, 5.41) is 4.96. The number of carbonyl (C=O) groups is 2. The molecule has 2 amide bonds. The monoisotopic (exact) mass is 314 g/mol. The molecule has 0 bridgehead atoms. The van der Waals surface area contributed by atoms with Gasteiger partial charge in [0.25, 0.3) is 0 Å². The maximum atomic E-state index is 13.5. The number of amides is 2. The second kappa shape index (κ2) is 6.37. The zero-order valence-electron chi connectivity index (χ0n) is 12.3. The summed E-state index contributed by atoms with van der Waals surface area (Å²) in [6.07, 6.45) is 1.13. The molecule has 1 aliphatic carbocycles. The van der Waals surface area contributed by atoms with E-state index in [1.165, 1.54) is 0 Å². The van der Waals surface area contributed by atoms with Crippen LogP contribution in [0.3, 0.4) is 0 Å². The Morgan fingerprint density at radius 1 is 1.18 bits per heavy atom.